The summed E-state index contributed by atoms with van der Waals surface area (Å²) in [4.78, 5) is 2.42. The van der Waals surface area contributed by atoms with Crippen molar-refractivity contribution in [2.45, 2.75) is 0 Å². The minimum atomic E-state index is 0.893. The molecule has 0 radical (unpaired) electrons. The summed E-state index contributed by atoms with van der Waals surface area (Å²) in [6.45, 7) is 0. The normalized spacial score (nSPS) is 11.5. The molecule has 0 bridgehead atoms. The van der Waals surface area contributed by atoms with Gasteiger partial charge < -0.3 is 13.9 Å². The first kappa shape index (κ1) is 36.5. The largest absolute Gasteiger partial charge is 0.455 e. The van der Waals surface area contributed by atoms with Crippen LogP contribution in [0.25, 0.3) is 93.9 Å². The highest BCUT2D eigenvalue weighted by atomic mass is 16.3. The van der Waals surface area contributed by atoms with E-state index in [0.717, 1.165) is 78.0 Å². The minimum absolute atomic E-state index is 0.893. The van der Waals surface area contributed by atoms with Crippen molar-refractivity contribution in [2.75, 3.05) is 4.90 Å². The molecule has 63 heavy (non-hydrogen) atoms. The summed E-state index contributed by atoms with van der Waals surface area (Å²) < 4.78 is 8.98. The van der Waals surface area contributed by atoms with Gasteiger partial charge in [-0.05, 0) is 94.0 Å². The van der Waals surface area contributed by atoms with Crippen molar-refractivity contribution in [1.29, 1.82) is 0 Å². The predicted octanol–water partition coefficient (Wildman–Crippen LogP) is 16.8. The monoisotopic (exact) mass is 804 g/mol. The van der Waals surface area contributed by atoms with Crippen LogP contribution in [-0.4, -0.2) is 4.57 Å². The Morgan fingerprint density at radius 2 is 0.857 bits per heavy atom. The van der Waals surface area contributed by atoms with Crippen molar-refractivity contribution in [1.82, 2.24) is 4.57 Å². The third-order valence-electron chi connectivity index (χ3n) is 12.4. The fourth-order valence-corrected chi connectivity index (χ4v) is 9.50. The smallest absolute Gasteiger partial charge is 0.143 e. The van der Waals surface area contributed by atoms with Gasteiger partial charge in [-0.3, -0.25) is 0 Å². The second kappa shape index (κ2) is 15.3. The van der Waals surface area contributed by atoms with E-state index in [1.807, 2.05) is 6.07 Å². The molecular weight excluding hydrogens is 765 g/mol. The summed E-state index contributed by atoms with van der Waals surface area (Å²) in [5.41, 5.74) is 17.6. The average Bonchev–Trinajstić information content (AvgIpc) is 3.91. The van der Waals surface area contributed by atoms with Crippen LogP contribution in [0.2, 0.25) is 0 Å². The van der Waals surface area contributed by atoms with Gasteiger partial charge >= 0.3 is 0 Å². The lowest BCUT2D eigenvalue weighted by Gasteiger charge is -2.29. The van der Waals surface area contributed by atoms with Crippen LogP contribution in [0.15, 0.2) is 247 Å². The number of rotatable bonds is 8. The fraction of sp³-hybridized carbons (Fsp3) is 0. The molecule has 12 rings (SSSR count). The summed E-state index contributed by atoms with van der Waals surface area (Å²) in [7, 11) is 0. The molecule has 0 atom stereocenters. The molecule has 0 spiro atoms. The molecule has 0 unspecified atom stereocenters. The van der Waals surface area contributed by atoms with Gasteiger partial charge in [-0.1, -0.05) is 182 Å². The first-order valence-electron chi connectivity index (χ1n) is 21.5. The quantitative estimate of drug-likeness (QED) is 0.153. The number of furan rings is 1. The van der Waals surface area contributed by atoms with E-state index in [0.29, 0.717) is 0 Å². The lowest BCUT2D eigenvalue weighted by molar-refractivity contribution is 0.670. The Balaban J connectivity index is 1.09. The zero-order valence-electron chi connectivity index (χ0n) is 34.4. The molecule has 0 aliphatic rings. The summed E-state index contributed by atoms with van der Waals surface area (Å²) >= 11 is 0. The number of aromatic nitrogens is 1. The maximum Gasteiger partial charge on any atom is 0.143 e. The first-order chi connectivity index (χ1) is 31.3. The van der Waals surface area contributed by atoms with E-state index < -0.39 is 0 Å². The number of anilines is 3. The molecule has 0 aliphatic carbocycles. The lowest BCUT2D eigenvalue weighted by atomic mass is 9.94. The molecule has 3 heteroatoms. The van der Waals surface area contributed by atoms with Crippen molar-refractivity contribution < 1.29 is 4.42 Å². The van der Waals surface area contributed by atoms with Crippen LogP contribution in [0, 0.1) is 0 Å². The molecule has 0 saturated carbocycles. The predicted molar refractivity (Wildman–Crippen MR) is 264 cm³/mol. The summed E-state index contributed by atoms with van der Waals surface area (Å²) in [5.74, 6) is 0. The van der Waals surface area contributed by atoms with E-state index in [1.54, 1.807) is 0 Å². The Kier molecular flexibility index (Phi) is 8.83. The molecule has 12 aromatic rings. The van der Waals surface area contributed by atoms with Crippen LogP contribution in [0.5, 0.6) is 0 Å². The molecule has 0 saturated heterocycles. The number of fused-ring (bicyclic) bond motifs is 6. The van der Waals surface area contributed by atoms with Crippen LogP contribution in [0.3, 0.4) is 0 Å². The van der Waals surface area contributed by atoms with Crippen LogP contribution in [0.1, 0.15) is 0 Å². The van der Waals surface area contributed by atoms with E-state index >= 15 is 0 Å². The molecule has 0 N–H and O–H groups in total. The molecule has 2 aromatic heterocycles. The van der Waals surface area contributed by atoms with Gasteiger partial charge in [0.25, 0.3) is 0 Å². The number of hydrogen-bond acceptors (Lipinski definition) is 2. The topological polar surface area (TPSA) is 21.3 Å². The molecule has 296 valence electrons. The van der Waals surface area contributed by atoms with Gasteiger partial charge in [-0.2, -0.15) is 0 Å². The van der Waals surface area contributed by atoms with Crippen molar-refractivity contribution in [3.8, 4) is 50.2 Å². The van der Waals surface area contributed by atoms with Crippen LogP contribution in [-0.2, 0) is 0 Å². The van der Waals surface area contributed by atoms with E-state index in [4.69, 9.17) is 4.42 Å². The molecular formula is C60H40N2O. The van der Waals surface area contributed by atoms with E-state index in [-0.39, 0.29) is 0 Å². The second-order valence-corrected chi connectivity index (χ2v) is 16.1. The highest BCUT2D eigenvalue weighted by molar-refractivity contribution is 6.12. The average molecular weight is 805 g/mol. The van der Waals surface area contributed by atoms with Crippen molar-refractivity contribution in [2.24, 2.45) is 0 Å². The SMILES string of the molecule is c1ccc(-c2ccccc2-c2ccc(N(c3ccc4c5ccccc5n(-c5ccccc5)c4c3)c3ccc(-c4cccc5c4oc4ccccc45)cc3-c3ccccc3)cc2)cc1. The molecule has 0 fully saturated rings. The van der Waals surface area contributed by atoms with Gasteiger partial charge in [0.1, 0.15) is 11.2 Å². The first-order valence-corrected chi connectivity index (χ1v) is 21.5. The Bertz CT molecular complexity index is 3600. The molecule has 2 heterocycles. The van der Waals surface area contributed by atoms with Gasteiger partial charge in [0.2, 0.25) is 0 Å². The van der Waals surface area contributed by atoms with Crippen molar-refractivity contribution in [3.63, 3.8) is 0 Å². The summed E-state index contributed by atoms with van der Waals surface area (Å²) in [5, 5.41) is 4.68. The fourth-order valence-electron chi connectivity index (χ4n) is 9.50. The van der Waals surface area contributed by atoms with Gasteiger partial charge in [-0.25, -0.2) is 0 Å². The lowest BCUT2D eigenvalue weighted by Crippen LogP contribution is -2.11. The Hall–Kier alpha value is -8.40. The highest BCUT2D eigenvalue weighted by Gasteiger charge is 2.22. The standard InChI is InChI=1S/C60H40N2O/c1-4-17-41(18-5-1)48-23-10-11-24-49(48)43-31-34-46(35-32-43)61(47-36-37-52-51-25-12-14-29-56(51)62(58(52)40-47)45-21-8-3-9-22-45)57-38-33-44(39-55(57)42-19-6-2-7-20-42)50-27-16-28-54-53-26-13-15-30-59(53)63-60(50)54/h1-40H. The van der Waals surface area contributed by atoms with Gasteiger partial charge in [0.15, 0.2) is 0 Å². The maximum atomic E-state index is 6.58. The molecule has 10 aromatic carbocycles. The second-order valence-electron chi connectivity index (χ2n) is 16.1. The third-order valence-corrected chi connectivity index (χ3v) is 12.4. The summed E-state index contributed by atoms with van der Waals surface area (Å²) in [6, 6.07) is 87.2. The molecule has 3 nitrogen and oxygen atoms in total. The third kappa shape index (κ3) is 6.29. The van der Waals surface area contributed by atoms with Crippen LogP contribution in [0.4, 0.5) is 17.1 Å². The minimum Gasteiger partial charge on any atom is -0.455 e. The van der Waals surface area contributed by atoms with Gasteiger partial charge in [0.05, 0.1) is 16.7 Å². The van der Waals surface area contributed by atoms with Crippen LogP contribution >= 0.6 is 0 Å². The Morgan fingerprint density at radius 3 is 1.60 bits per heavy atom. The van der Waals surface area contributed by atoms with E-state index in [9.17, 15) is 0 Å². The Labute approximate surface area is 366 Å². The van der Waals surface area contributed by atoms with E-state index in [2.05, 4.69) is 246 Å². The Morgan fingerprint density at radius 1 is 0.317 bits per heavy atom. The number of hydrogen-bond donors (Lipinski definition) is 0. The highest BCUT2D eigenvalue weighted by Crippen LogP contribution is 2.46. The zero-order chi connectivity index (χ0) is 41.7. The zero-order valence-corrected chi connectivity index (χ0v) is 34.4. The molecule has 0 aliphatic heterocycles. The van der Waals surface area contributed by atoms with Gasteiger partial charge in [0, 0.05) is 49.7 Å². The van der Waals surface area contributed by atoms with Crippen molar-refractivity contribution in [3.05, 3.63) is 243 Å². The summed E-state index contributed by atoms with van der Waals surface area (Å²) in [6.07, 6.45) is 0. The maximum absolute atomic E-state index is 6.58. The molecule has 0 amide bonds. The number of para-hydroxylation sites is 4. The van der Waals surface area contributed by atoms with Gasteiger partial charge in [-0.15, -0.1) is 0 Å². The van der Waals surface area contributed by atoms with Crippen LogP contribution < -0.4 is 4.90 Å². The number of nitrogens with zero attached hydrogens (tertiary/aromatic N) is 2. The van der Waals surface area contributed by atoms with Crippen molar-refractivity contribution >= 4 is 60.8 Å². The number of benzene rings is 10. The van der Waals surface area contributed by atoms with E-state index in [1.165, 1.54) is 33.0 Å².